The Morgan fingerprint density at radius 1 is 1.04 bits per heavy atom. The molecule has 28 heavy (non-hydrogen) atoms. The second-order valence-corrected chi connectivity index (χ2v) is 8.49. The van der Waals surface area contributed by atoms with Crippen molar-refractivity contribution in [3.63, 3.8) is 0 Å². The molecule has 5 nitrogen and oxygen atoms in total. The van der Waals surface area contributed by atoms with Gasteiger partial charge in [-0.05, 0) is 36.7 Å². The third-order valence-electron chi connectivity index (χ3n) is 6.11. The predicted molar refractivity (Wildman–Crippen MR) is 118 cm³/mol. The van der Waals surface area contributed by atoms with Crippen LogP contribution in [0.1, 0.15) is 103 Å². The molecule has 162 valence electrons. The van der Waals surface area contributed by atoms with E-state index in [2.05, 4.69) is 11.9 Å². The first kappa shape index (κ1) is 24.5. The first-order valence-corrected chi connectivity index (χ1v) is 11.5. The SMILES string of the molecule is CCCCCCCC[C@H](CCC/C(=C/C(=O)O)CN=C(N)N)C1CCCCC1. The van der Waals surface area contributed by atoms with E-state index in [1.165, 1.54) is 89.5 Å². The first-order chi connectivity index (χ1) is 13.5. The second kappa shape index (κ2) is 15.4. The lowest BCUT2D eigenvalue weighted by atomic mass is 9.75. The summed E-state index contributed by atoms with van der Waals surface area (Å²) in [6, 6.07) is 0. The summed E-state index contributed by atoms with van der Waals surface area (Å²) in [7, 11) is 0. The molecule has 1 aliphatic carbocycles. The Bertz CT molecular complexity index is 478. The van der Waals surface area contributed by atoms with E-state index in [1.807, 2.05) is 0 Å². The highest BCUT2D eigenvalue weighted by molar-refractivity contribution is 5.81. The third-order valence-corrected chi connectivity index (χ3v) is 6.11. The average molecular weight is 394 g/mol. The summed E-state index contributed by atoms with van der Waals surface area (Å²) >= 11 is 0. The molecule has 0 amide bonds. The number of hydrogen-bond donors (Lipinski definition) is 3. The molecule has 1 atom stereocenters. The van der Waals surface area contributed by atoms with E-state index in [0.29, 0.717) is 6.54 Å². The fraction of sp³-hybridized carbons (Fsp3) is 0.826. The lowest BCUT2D eigenvalue weighted by Crippen LogP contribution is -2.23. The molecule has 0 aliphatic heterocycles. The maximum Gasteiger partial charge on any atom is 0.328 e. The zero-order valence-electron chi connectivity index (χ0n) is 18.0. The quantitative estimate of drug-likeness (QED) is 0.150. The molecule has 0 aromatic carbocycles. The topological polar surface area (TPSA) is 102 Å². The summed E-state index contributed by atoms with van der Waals surface area (Å²) < 4.78 is 0. The number of nitrogens with two attached hydrogens (primary N) is 2. The molecule has 5 N–H and O–H groups in total. The van der Waals surface area contributed by atoms with Crippen LogP contribution in [-0.4, -0.2) is 23.6 Å². The van der Waals surface area contributed by atoms with Crippen LogP contribution in [0.25, 0.3) is 0 Å². The van der Waals surface area contributed by atoms with Crippen molar-refractivity contribution in [1.29, 1.82) is 0 Å². The van der Waals surface area contributed by atoms with Gasteiger partial charge in [0.15, 0.2) is 5.96 Å². The predicted octanol–water partition coefficient (Wildman–Crippen LogP) is 5.39. The Morgan fingerprint density at radius 3 is 2.32 bits per heavy atom. The van der Waals surface area contributed by atoms with Gasteiger partial charge in [-0.2, -0.15) is 0 Å². The molecule has 0 aromatic heterocycles. The highest BCUT2D eigenvalue weighted by atomic mass is 16.4. The van der Waals surface area contributed by atoms with Crippen LogP contribution in [0.2, 0.25) is 0 Å². The van der Waals surface area contributed by atoms with Crippen molar-refractivity contribution in [3.05, 3.63) is 11.6 Å². The van der Waals surface area contributed by atoms with Crippen LogP contribution in [0.3, 0.4) is 0 Å². The number of guanidine groups is 1. The van der Waals surface area contributed by atoms with Gasteiger partial charge in [0.1, 0.15) is 0 Å². The van der Waals surface area contributed by atoms with Gasteiger partial charge in [0, 0.05) is 6.08 Å². The molecule has 0 heterocycles. The molecule has 0 saturated heterocycles. The number of carboxylic acids is 1. The molecule has 0 radical (unpaired) electrons. The minimum atomic E-state index is -0.920. The van der Waals surface area contributed by atoms with E-state index in [-0.39, 0.29) is 5.96 Å². The van der Waals surface area contributed by atoms with Gasteiger partial charge >= 0.3 is 5.97 Å². The van der Waals surface area contributed by atoms with Crippen LogP contribution in [-0.2, 0) is 4.79 Å². The van der Waals surface area contributed by atoms with Gasteiger partial charge in [0.2, 0.25) is 0 Å². The fourth-order valence-corrected chi connectivity index (χ4v) is 4.56. The minimum Gasteiger partial charge on any atom is -0.478 e. The summed E-state index contributed by atoms with van der Waals surface area (Å²) in [5, 5.41) is 9.08. The van der Waals surface area contributed by atoms with Gasteiger partial charge in [-0.15, -0.1) is 0 Å². The number of carbonyl (C=O) groups is 1. The number of aliphatic carboxylic acids is 1. The van der Waals surface area contributed by atoms with Crippen molar-refractivity contribution >= 4 is 11.9 Å². The van der Waals surface area contributed by atoms with Gasteiger partial charge in [-0.3, -0.25) is 0 Å². The number of carboxylic acid groups (broad SMARTS) is 1. The highest BCUT2D eigenvalue weighted by Crippen LogP contribution is 2.36. The molecule has 1 saturated carbocycles. The molecular formula is C23H43N3O2. The molecule has 1 rings (SSSR count). The molecule has 0 bridgehead atoms. The van der Waals surface area contributed by atoms with Crippen molar-refractivity contribution in [2.75, 3.05) is 6.54 Å². The van der Waals surface area contributed by atoms with Gasteiger partial charge in [0.25, 0.3) is 0 Å². The maximum absolute atomic E-state index is 11.1. The van der Waals surface area contributed by atoms with E-state index in [0.717, 1.165) is 30.3 Å². The van der Waals surface area contributed by atoms with Crippen molar-refractivity contribution in [3.8, 4) is 0 Å². The molecular weight excluding hydrogens is 350 g/mol. The van der Waals surface area contributed by atoms with E-state index < -0.39 is 5.97 Å². The summed E-state index contributed by atoms with van der Waals surface area (Å²) in [5.41, 5.74) is 11.6. The van der Waals surface area contributed by atoms with E-state index >= 15 is 0 Å². The van der Waals surface area contributed by atoms with Crippen LogP contribution in [0.5, 0.6) is 0 Å². The molecule has 5 heteroatoms. The Kier molecular flexibility index (Phi) is 13.5. The first-order valence-electron chi connectivity index (χ1n) is 11.5. The maximum atomic E-state index is 11.1. The third kappa shape index (κ3) is 12.0. The number of nitrogens with zero attached hydrogens (tertiary/aromatic N) is 1. The van der Waals surface area contributed by atoms with E-state index in [4.69, 9.17) is 16.6 Å². The lowest BCUT2D eigenvalue weighted by Gasteiger charge is -2.30. The standard InChI is InChI=1S/C23H43N3O2/c1-2-3-4-5-6-8-13-21(20-14-9-7-10-15-20)16-11-12-19(17-22(27)28)18-26-23(24)25/h17,20-21H,2-16,18H2,1H3,(H,27,28)(H4,24,25,26)/b19-17-/t21-/m1/s1. The second-order valence-electron chi connectivity index (χ2n) is 8.49. The monoisotopic (exact) mass is 393 g/mol. The van der Waals surface area contributed by atoms with Crippen molar-refractivity contribution in [2.45, 2.75) is 103 Å². The highest BCUT2D eigenvalue weighted by Gasteiger charge is 2.23. The Hall–Kier alpha value is -1.52. The fourth-order valence-electron chi connectivity index (χ4n) is 4.56. The van der Waals surface area contributed by atoms with E-state index in [9.17, 15) is 4.79 Å². The summed E-state index contributed by atoms with van der Waals surface area (Å²) in [6.07, 6.45) is 20.6. The van der Waals surface area contributed by atoms with Crippen LogP contribution in [0.4, 0.5) is 0 Å². The van der Waals surface area contributed by atoms with Crippen LogP contribution >= 0.6 is 0 Å². The van der Waals surface area contributed by atoms with Crippen molar-refractivity contribution < 1.29 is 9.90 Å². The number of unbranched alkanes of at least 4 members (excludes halogenated alkanes) is 5. The molecule has 1 aliphatic rings. The number of rotatable bonds is 15. The average Bonchev–Trinajstić information content (AvgIpc) is 2.67. The van der Waals surface area contributed by atoms with Crippen LogP contribution in [0, 0.1) is 11.8 Å². The molecule has 0 aromatic rings. The summed E-state index contributed by atoms with van der Waals surface area (Å²) in [5.74, 6) is 0.755. The summed E-state index contributed by atoms with van der Waals surface area (Å²) in [4.78, 5) is 15.1. The normalized spacial score (nSPS) is 16.7. The van der Waals surface area contributed by atoms with Gasteiger partial charge in [0.05, 0.1) is 6.54 Å². The Morgan fingerprint density at radius 2 is 1.68 bits per heavy atom. The Balaban J connectivity index is 2.49. The van der Waals surface area contributed by atoms with Crippen LogP contribution < -0.4 is 11.5 Å². The van der Waals surface area contributed by atoms with Crippen molar-refractivity contribution in [2.24, 2.45) is 28.3 Å². The number of aliphatic imine (C=N–C) groups is 1. The van der Waals surface area contributed by atoms with E-state index in [1.54, 1.807) is 0 Å². The minimum absolute atomic E-state index is 0.0134. The zero-order valence-corrected chi connectivity index (χ0v) is 18.0. The molecule has 0 spiro atoms. The largest absolute Gasteiger partial charge is 0.478 e. The summed E-state index contributed by atoms with van der Waals surface area (Å²) in [6.45, 7) is 2.56. The van der Waals surface area contributed by atoms with Gasteiger partial charge in [-0.1, -0.05) is 84.0 Å². The van der Waals surface area contributed by atoms with Crippen molar-refractivity contribution in [1.82, 2.24) is 0 Å². The Labute approximate surface area is 172 Å². The molecule has 1 fully saturated rings. The van der Waals surface area contributed by atoms with Gasteiger partial charge in [-0.25, -0.2) is 9.79 Å². The van der Waals surface area contributed by atoms with Crippen LogP contribution in [0.15, 0.2) is 16.6 Å². The zero-order chi connectivity index (χ0) is 20.6. The lowest BCUT2D eigenvalue weighted by molar-refractivity contribution is -0.131. The van der Waals surface area contributed by atoms with Gasteiger partial charge < -0.3 is 16.6 Å². The number of hydrogen-bond acceptors (Lipinski definition) is 2. The molecule has 0 unspecified atom stereocenters. The smallest absolute Gasteiger partial charge is 0.328 e.